The van der Waals surface area contributed by atoms with Gasteiger partial charge in [-0.05, 0) is 143 Å². The minimum Gasteiger partial charge on any atom is -0.263 e. The number of benzene rings is 12. The molecule has 382 valence electrons. The Kier molecular flexibility index (Phi) is 10.6. The smallest absolute Gasteiger partial charge is 0.0713 e. The largest absolute Gasteiger partial charge is 0.263 e. The Bertz CT molecular complexity index is 4640. The van der Waals surface area contributed by atoms with E-state index in [4.69, 9.17) is 4.98 Å². The maximum absolute atomic E-state index is 5.06. The molecule has 3 heteroatoms. The fraction of sp³-hybridized carbons (Fsp3) is 0.0253. The molecule has 0 fully saturated rings. The van der Waals surface area contributed by atoms with Crippen molar-refractivity contribution in [2.45, 2.75) is 10.8 Å². The van der Waals surface area contributed by atoms with E-state index in [1.54, 1.807) is 0 Å². The van der Waals surface area contributed by atoms with Crippen molar-refractivity contribution >= 4 is 63.0 Å². The van der Waals surface area contributed by atoms with Gasteiger partial charge in [0.05, 0.1) is 10.8 Å². The third-order valence-electron chi connectivity index (χ3n) is 17.9. The second kappa shape index (κ2) is 18.4. The molecule has 0 spiro atoms. The zero-order valence-corrected chi connectivity index (χ0v) is 46.2. The Labute approximate surface area is 484 Å². The van der Waals surface area contributed by atoms with E-state index in [-0.39, 0.29) is 0 Å². The van der Waals surface area contributed by atoms with Crippen LogP contribution in [-0.4, -0.2) is 4.98 Å². The first kappa shape index (κ1) is 47.1. The van der Waals surface area contributed by atoms with Gasteiger partial charge >= 0.3 is 0 Å². The van der Waals surface area contributed by atoms with E-state index >= 15 is 0 Å². The molecular formula is C79H49NS2. The highest BCUT2D eigenvalue weighted by molar-refractivity contribution is 7.26. The van der Waals surface area contributed by atoms with Gasteiger partial charge in [0.15, 0.2) is 0 Å². The molecular weight excluding hydrogens is 1030 g/mol. The molecule has 0 bridgehead atoms. The summed E-state index contributed by atoms with van der Waals surface area (Å²) < 4.78 is 5.27. The minimum absolute atomic E-state index is 0.534. The van der Waals surface area contributed by atoms with Gasteiger partial charge in [-0.1, -0.05) is 243 Å². The quantitative estimate of drug-likeness (QED) is 0.148. The van der Waals surface area contributed by atoms with Gasteiger partial charge in [-0.2, -0.15) is 0 Å². The van der Waals surface area contributed by atoms with E-state index in [0.717, 1.165) is 22.3 Å². The lowest BCUT2D eigenvalue weighted by molar-refractivity contribution is 0.768. The number of hydrogen-bond acceptors (Lipinski definition) is 3. The van der Waals surface area contributed by atoms with E-state index in [2.05, 4.69) is 285 Å². The fourth-order valence-corrected chi connectivity index (χ4v) is 16.9. The van der Waals surface area contributed by atoms with Crippen LogP contribution < -0.4 is 0 Å². The molecule has 82 heavy (non-hydrogen) atoms. The standard InChI is InChI=1S/C79H49NS2/c1-5-19-56(20-6-1)78(57-21-7-2-8-22-57)70-39-35-50(44-66(70)68-46-52(37-41-72(68)78)60-29-17-31-64-62-27-13-15-33-74(62)81-76(60)64)54-43-55(49-80-48-54)51-36-40-71-67(45-51)69-47-53(61-30-18-32-65-63-28-14-16-34-75(63)82-77(61)65)38-42-73(69)79(71,58-23-9-3-10-24-58)59-25-11-4-12-26-59/h1-49H. The van der Waals surface area contributed by atoms with E-state index in [0.29, 0.717) is 0 Å². The number of rotatable bonds is 8. The van der Waals surface area contributed by atoms with Crippen LogP contribution in [0.2, 0.25) is 0 Å². The zero-order valence-electron chi connectivity index (χ0n) is 44.6. The van der Waals surface area contributed by atoms with Gasteiger partial charge in [-0.3, -0.25) is 4.98 Å². The molecule has 2 aliphatic carbocycles. The fourth-order valence-electron chi connectivity index (χ4n) is 14.4. The number of nitrogens with zero attached hydrogens (tertiary/aromatic N) is 1. The van der Waals surface area contributed by atoms with Crippen molar-refractivity contribution in [3.05, 3.63) is 342 Å². The molecule has 0 amide bonds. The normalized spacial score (nSPS) is 13.6. The molecule has 3 heterocycles. The van der Waals surface area contributed by atoms with Gasteiger partial charge < -0.3 is 0 Å². The van der Waals surface area contributed by atoms with Crippen molar-refractivity contribution < 1.29 is 0 Å². The Hall–Kier alpha value is -9.77. The van der Waals surface area contributed by atoms with Crippen LogP contribution >= 0.6 is 22.7 Å². The lowest BCUT2D eigenvalue weighted by Crippen LogP contribution is -2.28. The van der Waals surface area contributed by atoms with Gasteiger partial charge in [0.25, 0.3) is 0 Å². The monoisotopic (exact) mass is 1080 g/mol. The first-order valence-electron chi connectivity index (χ1n) is 28.2. The summed E-state index contributed by atoms with van der Waals surface area (Å²) >= 11 is 3.78. The highest BCUT2D eigenvalue weighted by Gasteiger charge is 2.48. The molecule has 0 N–H and O–H groups in total. The van der Waals surface area contributed by atoms with Crippen LogP contribution in [0, 0.1) is 0 Å². The second-order valence-electron chi connectivity index (χ2n) is 22.0. The Morgan fingerprint density at radius 2 is 0.549 bits per heavy atom. The first-order chi connectivity index (χ1) is 40.6. The average molecular weight is 1080 g/mol. The molecule has 15 aromatic rings. The van der Waals surface area contributed by atoms with Crippen molar-refractivity contribution in [3.8, 4) is 66.8 Å². The van der Waals surface area contributed by atoms with Crippen LogP contribution in [0.15, 0.2) is 298 Å². The third-order valence-corrected chi connectivity index (χ3v) is 20.4. The molecule has 0 atom stereocenters. The number of fused-ring (bicyclic) bond motifs is 12. The summed E-state index contributed by atoms with van der Waals surface area (Å²) in [4.78, 5) is 5.06. The second-order valence-corrected chi connectivity index (χ2v) is 24.1. The van der Waals surface area contributed by atoms with Gasteiger partial charge in [-0.15, -0.1) is 22.7 Å². The first-order valence-corrected chi connectivity index (χ1v) is 29.9. The SMILES string of the molecule is c1ccc(C2(c3ccccc3)c3ccc(-c4cncc(-c5ccc6c(c5)-c5cc(-c7cccc8c7sc7ccccc78)ccc5C6(c5ccccc5)c5ccccc5)c4)cc3-c3cc(-c4cccc5c4sc4ccccc45)ccc32)cc1. The van der Waals surface area contributed by atoms with Crippen molar-refractivity contribution in [2.75, 3.05) is 0 Å². The third kappa shape index (κ3) is 6.82. The van der Waals surface area contributed by atoms with Crippen molar-refractivity contribution in [3.63, 3.8) is 0 Å². The Morgan fingerprint density at radius 3 is 0.927 bits per heavy atom. The van der Waals surface area contributed by atoms with Gasteiger partial charge in [0, 0.05) is 63.9 Å². The molecule has 2 aliphatic rings. The van der Waals surface area contributed by atoms with Crippen LogP contribution in [0.3, 0.4) is 0 Å². The lowest BCUT2D eigenvalue weighted by Gasteiger charge is -2.34. The number of thiophene rings is 2. The summed E-state index contributed by atoms with van der Waals surface area (Å²) in [6.45, 7) is 0. The lowest BCUT2D eigenvalue weighted by atomic mass is 9.67. The molecule has 1 nitrogen and oxygen atoms in total. The average Bonchev–Trinajstić information content (AvgIpc) is 2.17. The summed E-state index contributed by atoms with van der Waals surface area (Å²) in [5, 5.41) is 5.24. The van der Waals surface area contributed by atoms with Crippen molar-refractivity contribution in [1.82, 2.24) is 4.98 Å². The maximum Gasteiger partial charge on any atom is 0.0713 e. The van der Waals surface area contributed by atoms with Crippen LogP contribution in [-0.2, 0) is 10.8 Å². The highest BCUT2D eigenvalue weighted by Crippen LogP contribution is 2.60. The van der Waals surface area contributed by atoms with Gasteiger partial charge in [0.1, 0.15) is 0 Å². The van der Waals surface area contributed by atoms with Crippen molar-refractivity contribution in [1.29, 1.82) is 0 Å². The van der Waals surface area contributed by atoms with E-state index < -0.39 is 10.8 Å². The molecule has 0 unspecified atom stereocenters. The van der Waals surface area contributed by atoms with E-state index in [1.807, 2.05) is 35.1 Å². The highest BCUT2D eigenvalue weighted by atomic mass is 32.1. The molecule has 0 radical (unpaired) electrons. The molecule has 0 saturated heterocycles. The van der Waals surface area contributed by atoms with E-state index in [1.165, 1.54) is 129 Å². The maximum atomic E-state index is 5.06. The number of aromatic nitrogens is 1. The van der Waals surface area contributed by atoms with Gasteiger partial charge in [0.2, 0.25) is 0 Å². The minimum atomic E-state index is -0.534. The van der Waals surface area contributed by atoms with Gasteiger partial charge in [-0.25, -0.2) is 0 Å². The molecule has 0 aliphatic heterocycles. The molecule has 0 saturated carbocycles. The summed E-state index contributed by atoms with van der Waals surface area (Å²) in [5.74, 6) is 0. The predicted octanol–water partition coefficient (Wildman–Crippen LogP) is 21.2. The summed E-state index contributed by atoms with van der Waals surface area (Å²) in [6.07, 6.45) is 4.08. The van der Waals surface area contributed by atoms with Crippen LogP contribution in [0.4, 0.5) is 0 Å². The summed E-state index contributed by atoms with van der Waals surface area (Å²) in [5.41, 5.74) is 23.5. The summed E-state index contributed by atoms with van der Waals surface area (Å²) in [7, 11) is 0. The predicted molar refractivity (Wildman–Crippen MR) is 346 cm³/mol. The number of hydrogen-bond donors (Lipinski definition) is 0. The molecule has 12 aromatic carbocycles. The summed E-state index contributed by atoms with van der Waals surface area (Å²) in [6, 6.07) is 107. The van der Waals surface area contributed by atoms with Crippen molar-refractivity contribution in [2.24, 2.45) is 0 Å². The van der Waals surface area contributed by atoms with E-state index in [9.17, 15) is 0 Å². The Morgan fingerprint density at radius 1 is 0.232 bits per heavy atom. The Balaban J connectivity index is 0.839. The zero-order chi connectivity index (χ0) is 53.9. The van der Waals surface area contributed by atoms with Crippen LogP contribution in [0.1, 0.15) is 44.5 Å². The van der Waals surface area contributed by atoms with Crippen LogP contribution in [0.5, 0.6) is 0 Å². The molecule has 17 rings (SSSR count). The molecule has 3 aromatic heterocycles. The number of pyridine rings is 1. The topological polar surface area (TPSA) is 12.9 Å². The van der Waals surface area contributed by atoms with Crippen LogP contribution in [0.25, 0.3) is 107 Å².